The summed E-state index contributed by atoms with van der Waals surface area (Å²) in [5.41, 5.74) is 0. The minimum Gasteiger partial charge on any atom is -0.394 e. The van der Waals surface area contributed by atoms with E-state index in [0.717, 1.165) is 0 Å². The van der Waals surface area contributed by atoms with Crippen molar-refractivity contribution in [2.45, 2.75) is 6.10 Å². The van der Waals surface area contributed by atoms with Gasteiger partial charge in [-0.05, 0) is 0 Å². The highest BCUT2D eigenvalue weighted by Gasteiger charge is 2.03. The van der Waals surface area contributed by atoms with Gasteiger partial charge in [0.2, 0.25) is 5.91 Å². The second-order valence-electron chi connectivity index (χ2n) is 2.81. The number of nitrogens with one attached hydrogen (secondary N) is 2. The number of rotatable bonds is 8. The second-order valence-corrected chi connectivity index (χ2v) is 2.81. The van der Waals surface area contributed by atoms with Crippen molar-refractivity contribution in [3.05, 3.63) is 0 Å². The standard InChI is InChI=1S/C8H18N2O4/c1-14-3-2-10-8(13)5-9-4-7(12)6-11/h7,9,11-12H,2-6H2,1H3,(H,10,13). The maximum absolute atomic E-state index is 11.0. The number of hydrogen-bond acceptors (Lipinski definition) is 5. The molecule has 0 heterocycles. The maximum Gasteiger partial charge on any atom is 0.234 e. The summed E-state index contributed by atoms with van der Waals surface area (Å²) in [7, 11) is 1.56. The highest BCUT2D eigenvalue weighted by Crippen LogP contribution is 1.75. The molecule has 0 bridgehead atoms. The molecular formula is C8H18N2O4. The van der Waals surface area contributed by atoms with Gasteiger partial charge in [-0.25, -0.2) is 0 Å². The van der Waals surface area contributed by atoms with Crippen LogP contribution in [0.1, 0.15) is 0 Å². The quantitative estimate of drug-likeness (QED) is 0.335. The van der Waals surface area contributed by atoms with Gasteiger partial charge in [0.25, 0.3) is 0 Å². The molecule has 0 aromatic rings. The van der Waals surface area contributed by atoms with E-state index in [4.69, 9.17) is 14.9 Å². The Hall–Kier alpha value is -0.690. The fourth-order valence-corrected chi connectivity index (χ4v) is 0.772. The first-order chi connectivity index (χ1) is 6.70. The smallest absolute Gasteiger partial charge is 0.234 e. The lowest BCUT2D eigenvalue weighted by molar-refractivity contribution is -0.120. The van der Waals surface area contributed by atoms with Gasteiger partial charge in [-0.15, -0.1) is 0 Å². The van der Waals surface area contributed by atoms with Crippen molar-refractivity contribution in [3.8, 4) is 0 Å². The number of aliphatic hydroxyl groups is 2. The lowest BCUT2D eigenvalue weighted by atomic mass is 10.4. The van der Waals surface area contributed by atoms with Crippen LogP contribution in [0, 0.1) is 0 Å². The molecule has 0 radical (unpaired) electrons. The molecule has 0 aliphatic carbocycles. The molecule has 1 atom stereocenters. The Labute approximate surface area is 83.3 Å². The summed E-state index contributed by atoms with van der Waals surface area (Å²) in [6, 6.07) is 0. The van der Waals surface area contributed by atoms with E-state index in [-0.39, 0.29) is 25.6 Å². The molecule has 1 unspecified atom stereocenters. The third kappa shape index (κ3) is 7.93. The summed E-state index contributed by atoms with van der Waals surface area (Å²) < 4.78 is 4.74. The Kier molecular flexibility index (Phi) is 8.45. The van der Waals surface area contributed by atoms with Crippen LogP contribution in [-0.4, -0.2) is 62.2 Å². The molecule has 14 heavy (non-hydrogen) atoms. The number of ether oxygens (including phenoxy) is 1. The molecule has 0 saturated heterocycles. The van der Waals surface area contributed by atoms with Gasteiger partial charge in [0.1, 0.15) is 0 Å². The number of methoxy groups -OCH3 is 1. The number of hydrogen-bond donors (Lipinski definition) is 4. The van der Waals surface area contributed by atoms with Crippen molar-refractivity contribution in [3.63, 3.8) is 0 Å². The Bertz CT molecular complexity index is 154. The van der Waals surface area contributed by atoms with Crippen LogP contribution in [0.5, 0.6) is 0 Å². The average molecular weight is 206 g/mol. The number of aliphatic hydroxyl groups excluding tert-OH is 2. The van der Waals surface area contributed by atoms with Gasteiger partial charge in [-0.2, -0.15) is 0 Å². The second kappa shape index (κ2) is 8.89. The van der Waals surface area contributed by atoms with Gasteiger partial charge in [0.05, 0.1) is 25.9 Å². The molecule has 0 aromatic carbocycles. The molecule has 0 aromatic heterocycles. The normalized spacial score (nSPS) is 12.5. The van der Waals surface area contributed by atoms with Crippen LogP contribution < -0.4 is 10.6 Å². The fraction of sp³-hybridized carbons (Fsp3) is 0.875. The lowest BCUT2D eigenvalue weighted by Crippen LogP contribution is -2.39. The molecule has 0 rings (SSSR count). The molecule has 1 amide bonds. The molecule has 84 valence electrons. The van der Waals surface area contributed by atoms with E-state index in [1.165, 1.54) is 0 Å². The summed E-state index contributed by atoms with van der Waals surface area (Å²) in [5.74, 6) is -0.160. The van der Waals surface area contributed by atoms with Crippen LogP contribution in [0.4, 0.5) is 0 Å². The Morgan fingerprint density at radius 3 is 2.86 bits per heavy atom. The first-order valence-electron chi connectivity index (χ1n) is 4.46. The molecule has 0 aliphatic rings. The molecule has 0 fully saturated rings. The molecule has 0 aliphatic heterocycles. The number of carbonyl (C=O) groups is 1. The summed E-state index contributed by atoms with van der Waals surface area (Å²) in [6.07, 6.45) is -0.818. The van der Waals surface area contributed by atoms with E-state index in [0.29, 0.717) is 13.2 Å². The van der Waals surface area contributed by atoms with Crippen LogP contribution in [0.15, 0.2) is 0 Å². The Morgan fingerprint density at radius 2 is 2.29 bits per heavy atom. The third-order valence-electron chi connectivity index (χ3n) is 1.50. The van der Waals surface area contributed by atoms with Crippen molar-refractivity contribution < 1.29 is 19.7 Å². The topological polar surface area (TPSA) is 90.8 Å². The highest BCUT2D eigenvalue weighted by atomic mass is 16.5. The van der Waals surface area contributed by atoms with Crippen LogP contribution in [0.25, 0.3) is 0 Å². The highest BCUT2D eigenvalue weighted by molar-refractivity contribution is 5.77. The molecule has 6 nitrogen and oxygen atoms in total. The van der Waals surface area contributed by atoms with E-state index in [2.05, 4.69) is 10.6 Å². The summed E-state index contributed by atoms with van der Waals surface area (Å²) >= 11 is 0. The first-order valence-corrected chi connectivity index (χ1v) is 4.46. The molecule has 0 saturated carbocycles. The molecule has 6 heteroatoms. The van der Waals surface area contributed by atoms with Crippen molar-refractivity contribution >= 4 is 5.91 Å². The monoisotopic (exact) mass is 206 g/mol. The van der Waals surface area contributed by atoms with Crippen molar-refractivity contribution in [1.82, 2.24) is 10.6 Å². The van der Waals surface area contributed by atoms with Gasteiger partial charge < -0.3 is 25.6 Å². The molecule has 0 spiro atoms. The van der Waals surface area contributed by atoms with E-state index >= 15 is 0 Å². The van der Waals surface area contributed by atoms with Crippen molar-refractivity contribution in [2.24, 2.45) is 0 Å². The predicted molar refractivity (Wildman–Crippen MR) is 50.8 cm³/mol. The van der Waals surface area contributed by atoms with Gasteiger partial charge in [0, 0.05) is 20.2 Å². The van der Waals surface area contributed by atoms with Gasteiger partial charge in [0.15, 0.2) is 0 Å². The van der Waals surface area contributed by atoms with Gasteiger partial charge >= 0.3 is 0 Å². The zero-order chi connectivity index (χ0) is 10.8. The van der Waals surface area contributed by atoms with Crippen molar-refractivity contribution in [2.75, 3.05) is 40.0 Å². The summed E-state index contributed by atoms with van der Waals surface area (Å²) in [4.78, 5) is 11.0. The number of carbonyl (C=O) groups excluding carboxylic acids is 1. The van der Waals surface area contributed by atoms with Crippen LogP contribution >= 0.6 is 0 Å². The Balaban J connectivity index is 3.26. The molecular weight excluding hydrogens is 188 g/mol. The summed E-state index contributed by atoms with van der Waals surface area (Å²) in [5, 5.41) is 22.7. The third-order valence-corrected chi connectivity index (χ3v) is 1.50. The van der Waals surface area contributed by atoms with Gasteiger partial charge in [-0.1, -0.05) is 0 Å². The Morgan fingerprint density at radius 1 is 1.57 bits per heavy atom. The zero-order valence-corrected chi connectivity index (χ0v) is 8.32. The first kappa shape index (κ1) is 13.3. The fourth-order valence-electron chi connectivity index (χ4n) is 0.772. The van der Waals surface area contributed by atoms with Crippen LogP contribution in [0.2, 0.25) is 0 Å². The van der Waals surface area contributed by atoms with Gasteiger partial charge in [-0.3, -0.25) is 4.79 Å². The number of amides is 1. The van der Waals surface area contributed by atoms with E-state index in [1.54, 1.807) is 7.11 Å². The average Bonchev–Trinajstić information content (AvgIpc) is 2.18. The zero-order valence-electron chi connectivity index (χ0n) is 8.32. The van der Waals surface area contributed by atoms with E-state index < -0.39 is 6.10 Å². The molecule has 4 N–H and O–H groups in total. The SMILES string of the molecule is COCCNC(=O)CNCC(O)CO. The van der Waals surface area contributed by atoms with Crippen LogP contribution in [0.3, 0.4) is 0 Å². The van der Waals surface area contributed by atoms with E-state index in [1.807, 2.05) is 0 Å². The minimum atomic E-state index is -0.818. The van der Waals surface area contributed by atoms with E-state index in [9.17, 15) is 4.79 Å². The van der Waals surface area contributed by atoms with Crippen LogP contribution in [-0.2, 0) is 9.53 Å². The summed E-state index contributed by atoms with van der Waals surface area (Å²) in [6.45, 7) is 0.970. The lowest BCUT2D eigenvalue weighted by Gasteiger charge is -2.08. The van der Waals surface area contributed by atoms with Crippen molar-refractivity contribution in [1.29, 1.82) is 0 Å². The minimum absolute atomic E-state index is 0.126. The maximum atomic E-state index is 11.0. The largest absolute Gasteiger partial charge is 0.394 e. The predicted octanol–water partition coefficient (Wildman–Crippen LogP) is -2.31.